The largest absolute Gasteiger partial charge is 0.381 e. The minimum atomic E-state index is 0.571. The van der Waals surface area contributed by atoms with Gasteiger partial charge in [-0.3, -0.25) is 0 Å². The highest BCUT2D eigenvalue weighted by molar-refractivity contribution is 5.18. The SMILES string of the molecule is Cn1cnc(C2CCOCC2)c1CCN. The number of imidazole rings is 1. The molecule has 0 bridgehead atoms. The van der Waals surface area contributed by atoms with Crippen LogP contribution in [0.2, 0.25) is 0 Å². The van der Waals surface area contributed by atoms with Gasteiger partial charge in [0.05, 0.1) is 12.0 Å². The van der Waals surface area contributed by atoms with Crippen LogP contribution in [0, 0.1) is 0 Å². The fourth-order valence-corrected chi connectivity index (χ4v) is 2.23. The Morgan fingerprint density at radius 3 is 2.93 bits per heavy atom. The Balaban J connectivity index is 2.18. The van der Waals surface area contributed by atoms with E-state index in [0.717, 1.165) is 32.5 Å². The van der Waals surface area contributed by atoms with Crippen LogP contribution in [0.1, 0.15) is 30.1 Å². The molecular weight excluding hydrogens is 190 g/mol. The summed E-state index contributed by atoms with van der Waals surface area (Å²) >= 11 is 0. The molecule has 0 aliphatic carbocycles. The lowest BCUT2D eigenvalue weighted by molar-refractivity contribution is 0.0844. The highest BCUT2D eigenvalue weighted by Gasteiger charge is 2.21. The van der Waals surface area contributed by atoms with E-state index in [9.17, 15) is 0 Å². The summed E-state index contributed by atoms with van der Waals surface area (Å²) in [4.78, 5) is 4.51. The molecule has 1 fully saturated rings. The minimum absolute atomic E-state index is 0.571. The molecule has 15 heavy (non-hydrogen) atoms. The molecule has 0 atom stereocenters. The summed E-state index contributed by atoms with van der Waals surface area (Å²) in [5.74, 6) is 0.571. The second kappa shape index (κ2) is 4.77. The fraction of sp³-hybridized carbons (Fsp3) is 0.727. The third kappa shape index (κ3) is 2.21. The first-order chi connectivity index (χ1) is 7.33. The van der Waals surface area contributed by atoms with Crippen LogP contribution in [0.25, 0.3) is 0 Å². The van der Waals surface area contributed by atoms with Crippen LogP contribution in [0.15, 0.2) is 6.33 Å². The van der Waals surface area contributed by atoms with E-state index >= 15 is 0 Å². The van der Waals surface area contributed by atoms with Gasteiger partial charge in [-0.25, -0.2) is 4.98 Å². The fourth-order valence-electron chi connectivity index (χ4n) is 2.23. The molecule has 0 amide bonds. The van der Waals surface area contributed by atoms with Crippen molar-refractivity contribution in [1.29, 1.82) is 0 Å². The maximum Gasteiger partial charge on any atom is 0.0949 e. The molecule has 0 radical (unpaired) electrons. The van der Waals surface area contributed by atoms with Crippen molar-refractivity contribution < 1.29 is 4.74 Å². The van der Waals surface area contributed by atoms with Crippen molar-refractivity contribution in [1.82, 2.24) is 9.55 Å². The number of nitrogens with zero attached hydrogens (tertiary/aromatic N) is 2. The van der Waals surface area contributed by atoms with Gasteiger partial charge in [0.1, 0.15) is 0 Å². The van der Waals surface area contributed by atoms with Gasteiger partial charge in [-0.1, -0.05) is 0 Å². The summed E-state index contributed by atoms with van der Waals surface area (Å²) in [5.41, 5.74) is 8.16. The molecule has 2 rings (SSSR count). The molecule has 0 spiro atoms. The summed E-state index contributed by atoms with van der Waals surface area (Å²) in [7, 11) is 2.04. The Morgan fingerprint density at radius 2 is 2.27 bits per heavy atom. The standard InChI is InChI=1S/C11H19N3O/c1-14-8-13-11(10(14)2-5-12)9-3-6-15-7-4-9/h8-9H,2-7,12H2,1H3. The Hall–Kier alpha value is -0.870. The van der Waals surface area contributed by atoms with Crippen LogP contribution in [-0.4, -0.2) is 29.3 Å². The Bertz CT molecular complexity index is 316. The van der Waals surface area contributed by atoms with E-state index in [0.29, 0.717) is 12.5 Å². The predicted octanol–water partition coefficient (Wildman–Crippen LogP) is 0.815. The van der Waals surface area contributed by atoms with Gasteiger partial charge in [0, 0.05) is 38.3 Å². The zero-order valence-corrected chi connectivity index (χ0v) is 9.28. The highest BCUT2D eigenvalue weighted by Crippen LogP contribution is 2.28. The van der Waals surface area contributed by atoms with E-state index in [-0.39, 0.29) is 0 Å². The Morgan fingerprint density at radius 1 is 1.53 bits per heavy atom. The van der Waals surface area contributed by atoms with Crippen molar-refractivity contribution in [3.8, 4) is 0 Å². The Kier molecular flexibility index (Phi) is 3.38. The molecule has 1 aromatic heterocycles. The molecule has 1 aromatic rings. The third-order valence-electron chi connectivity index (χ3n) is 3.08. The molecule has 1 aliphatic heterocycles. The number of ether oxygens (including phenoxy) is 1. The highest BCUT2D eigenvalue weighted by atomic mass is 16.5. The van der Waals surface area contributed by atoms with Crippen molar-refractivity contribution in [3.05, 3.63) is 17.7 Å². The zero-order chi connectivity index (χ0) is 10.7. The quantitative estimate of drug-likeness (QED) is 0.801. The van der Waals surface area contributed by atoms with Gasteiger partial charge >= 0.3 is 0 Å². The number of hydrogen-bond donors (Lipinski definition) is 1. The molecular formula is C11H19N3O. The maximum atomic E-state index is 5.62. The molecule has 4 nitrogen and oxygen atoms in total. The van der Waals surface area contributed by atoms with Crippen LogP contribution in [-0.2, 0) is 18.2 Å². The Labute approximate surface area is 90.4 Å². The van der Waals surface area contributed by atoms with Crippen LogP contribution in [0.4, 0.5) is 0 Å². The van der Waals surface area contributed by atoms with Gasteiger partial charge in [0.15, 0.2) is 0 Å². The van der Waals surface area contributed by atoms with Crippen molar-refractivity contribution in [2.75, 3.05) is 19.8 Å². The molecule has 1 aliphatic rings. The van der Waals surface area contributed by atoms with Gasteiger partial charge in [-0.15, -0.1) is 0 Å². The first kappa shape index (κ1) is 10.6. The van der Waals surface area contributed by atoms with E-state index in [4.69, 9.17) is 10.5 Å². The molecule has 0 saturated carbocycles. The monoisotopic (exact) mass is 209 g/mol. The second-order valence-corrected chi connectivity index (χ2v) is 4.11. The lowest BCUT2D eigenvalue weighted by atomic mass is 9.94. The average molecular weight is 209 g/mol. The van der Waals surface area contributed by atoms with Gasteiger partial charge in [-0.2, -0.15) is 0 Å². The lowest BCUT2D eigenvalue weighted by Crippen LogP contribution is -2.17. The zero-order valence-electron chi connectivity index (χ0n) is 9.28. The summed E-state index contributed by atoms with van der Waals surface area (Å²) in [6.07, 6.45) is 5.00. The van der Waals surface area contributed by atoms with Gasteiger partial charge in [-0.05, 0) is 19.4 Å². The van der Waals surface area contributed by atoms with Crippen molar-refractivity contribution in [2.24, 2.45) is 12.8 Å². The van der Waals surface area contributed by atoms with Crippen LogP contribution in [0.3, 0.4) is 0 Å². The first-order valence-electron chi connectivity index (χ1n) is 5.61. The van der Waals surface area contributed by atoms with E-state index in [1.165, 1.54) is 11.4 Å². The first-order valence-corrected chi connectivity index (χ1v) is 5.61. The van der Waals surface area contributed by atoms with Crippen molar-refractivity contribution in [3.63, 3.8) is 0 Å². The minimum Gasteiger partial charge on any atom is -0.381 e. The van der Waals surface area contributed by atoms with Gasteiger partial charge in [0.2, 0.25) is 0 Å². The summed E-state index contributed by atoms with van der Waals surface area (Å²) in [6.45, 7) is 2.42. The second-order valence-electron chi connectivity index (χ2n) is 4.11. The molecule has 4 heteroatoms. The lowest BCUT2D eigenvalue weighted by Gasteiger charge is -2.21. The number of rotatable bonds is 3. The van der Waals surface area contributed by atoms with Gasteiger partial charge < -0.3 is 15.0 Å². The smallest absolute Gasteiger partial charge is 0.0949 e. The number of aryl methyl sites for hydroxylation is 1. The van der Waals surface area contributed by atoms with E-state index < -0.39 is 0 Å². The molecule has 84 valence electrons. The van der Waals surface area contributed by atoms with E-state index in [1.807, 2.05) is 13.4 Å². The van der Waals surface area contributed by atoms with Crippen molar-refractivity contribution in [2.45, 2.75) is 25.2 Å². The molecule has 1 saturated heterocycles. The summed E-state index contributed by atoms with van der Waals surface area (Å²) < 4.78 is 7.46. The number of aromatic nitrogens is 2. The third-order valence-corrected chi connectivity index (χ3v) is 3.08. The van der Waals surface area contributed by atoms with Crippen LogP contribution >= 0.6 is 0 Å². The number of nitrogens with two attached hydrogens (primary N) is 1. The normalized spacial score (nSPS) is 18.3. The van der Waals surface area contributed by atoms with E-state index in [2.05, 4.69) is 9.55 Å². The van der Waals surface area contributed by atoms with Gasteiger partial charge in [0.25, 0.3) is 0 Å². The molecule has 2 heterocycles. The topological polar surface area (TPSA) is 53.1 Å². The molecule has 0 aromatic carbocycles. The summed E-state index contributed by atoms with van der Waals surface area (Å²) in [5, 5.41) is 0. The maximum absolute atomic E-state index is 5.62. The van der Waals surface area contributed by atoms with Crippen LogP contribution < -0.4 is 5.73 Å². The average Bonchev–Trinajstić information content (AvgIpc) is 2.63. The van der Waals surface area contributed by atoms with E-state index in [1.54, 1.807) is 0 Å². The molecule has 2 N–H and O–H groups in total. The summed E-state index contributed by atoms with van der Waals surface area (Å²) in [6, 6.07) is 0. The predicted molar refractivity (Wildman–Crippen MR) is 58.8 cm³/mol. The number of hydrogen-bond acceptors (Lipinski definition) is 3. The van der Waals surface area contributed by atoms with Crippen LogP contribution in [0.5, 0.6) is 0 Å². The van der Waals surface area contributed by atoms with Crippen molar-refractivity contribution >= 4 is 0 Å². The molecule has 0 unspecified atom stereocenters.